The van der Waals surface area contributed by atoms with Crippen molar-refractivity contribution in [3.63, 3.8) is 0 Å². The van der Waals surface area contributed by atoms with E-state index in [1.165, 1.54) is 6.07 Å². The highest BCUT2D eigenvalue weighted by Gasteiger charge is 2.70. The Morgan fingerprint density at radius 3 is 2.24 bits per heavy atom. The maximum atomic E-state index is 15.5. The van der Waals surface area contributed by atoms with Crippen molar-refractivity contribution in [1.82, 2.24) is 5.01 Å². The molecule has 2 aliphatic carbocycles. The van der Waals surface area contributed by atoms with Crippen molar-refractivity contribution in [3.05, 3.63) is 143 Å². The predicted molar refractivity (Wildman–Crippen MR) is 202 cm³/mol. The van der Waals surface area contributed by atoms with Crippen LogP contribution in [0.1, 0.15) is 45.8 Å². The van der Waals surface area contributed by atoms with Crippen molar-refractivity contribution >= 4 is 51.7 Å². The Kier molecular flexibility index (Phi) is 7.68. The third-order valence-electron chi connectivity index (χ3n) is 12.1. The second-order valence-electron chi connectivity index (χ2n) is 14.8. The normalized spacial score (nSPS) is 25.8. The summed E-state index contributed by atoms with van der Waals surface area (Å²) in [5.41, 5.74) is 4.40. The maximum absolute atomic E-state index is 15.5. The topological polar surface area (TPSA) is 165 Å². The van der Waals surface area contributed by atoms with Gasteiger partial charge in [-0.2, -0.15) is 5.01 Å². The first kappa shape index (κ1) is 34.0. The number of anilines is 2. The Morgan fingerprint density at radius 2 is 1.51 bits per heavy atom. The van der Waals surface area contributed by atoms with Crippen LogP contribution in [0.2, 0.25) is 0 Å². The Labute approximate surface area is 315 Å². The standard InChI is InChI=1S/C44H35N3O8/c1-23-11-14-26(15-12-23)45-47-40(51)33-22-32-29(18-19-31-36(32)41(52)46(39(31)50)27-16-17-30(42(53)54)35(49)21-27)38(44(33,43(47)55)25-8-3-2-4-9-25)37-28-10-6-5-7-24(28)13-20-34(37)48/h2-18,20-21,31-33,36,38,45,48-49H,19,22H2,1H3,(H,53,54)/t31-,32+,33-,36-,38+,44+/m0/s1. The number of aromatic carboxylic acids is 1. The summed E-state index contributed by atoms with van der Waals surface area (Å²) in [5.74, 6) is -8.51. The minimum Gasteiger partial charge on any atom is -0.508 e. The van der Waals surface area contributed by atoms with Gasteiger partial charge in [0.2, 0.25) is 11.8 Å². The first-order chi connectivity index (χ1) is 26.5. The largest absolute Gasteiger partial charge is 0.508 e. The number of carbonyl (C=O) groups is 5. The fourth-order valence-corrected chi connectivity index (χ4v) is 9.74. The lowest BCUT2D eigenvalue weighted by molar-refractivity contribution is -0.138. The van der Waals surface area contributed by atoms with E-state index in [4.69, 9.17) is 0 Å². The zero-order valence-electron chi connectivity index (χ0n) is 29.5. The van der Waals surface area contributed by atoms with Crippen LogP contribution in [-0.2, 0) is 24.6 Å². The van der Waals surface area contributed by atoms with Gasteiger partial charge in [0.1, 0.15) is 17.1 Å². The molecule has 4 aliphatic rings. The SMILES string of the molecule is Cc1ccc(NN2C(=O)[C@@H]3C[C@@H]4C(=CC[C@@H]5C(=O)N(c6ccc(C(=O)O)c(O)c6)C(=O)[C@@H]54)[C@H](c4c(O)ccc5ccccc45)[C@]3(c3ccccc3)C2=O)cc1. The minimum absolute atomic E-state index is 0.0340. The van der Waals surface area contributed by atoms with Crippen LogP contribution < -0.4 is 10.3 Å². The number of aromatic hydroxyl groups is 2. The van der Waals surface area contributed by atoms with E-state index in [1.807, 2.05) is 79.7 Å². The molecule has 9 rings (SSSR count). The predicted octanol–water partition coefficient (Wildman–Crippen LogP) is 6.45. The van der Waals surface area contributed by atoms with E-state index < -0.39 is 70.4 Å². The summed E-state index contributed by atoms with van der Waals surface area (Å²) >= 11 is 0. The molecule has 2 saturated heterocycles. The summed E-state index contributed by atoms with van der Waals surface area (Å²) in [4.78, 5) is 71.8. The highest BCUT2D eigenvalue weighted by molar-refractivity contribution is 6.23. The molecule has 0 radical (unpaired) electrons. The Hall–Kier alpha value is -6.75. The molecule has 55 heavy (non-hydrogen) atoms. The van der Waals surface area contributed by atoms with Gasteiger partial charge in [0.05, 0.1) is 34.5 Å². The minimum atomic E-state index is -1.57. The summed E-state index contributed by atoms with van der Waals surface area (Å²) in [6.07, 6.45) is 2.10. The number of carboxylic acid groups (broad SMARTS) is 1. The average molecular weight is 734 g/mol. The highest BCUT2D eigenvalue weighted by Crippen LogP contribution is 2.65. The maximum Gasteiger partial charge on any atom is 0.339 e. The fourth-order valence-electron chi connectivity index (χ4n) is 9.74. The van der Waals surface area contributed by atoms with Crippen LogP contribution in [0, 0.1) is 30.6 Å². The molecule has 0 spiro atoms. The van der Waals surface area contributed by atoms with Crippen LogP contribution in [0.5, 0.6) is 11.5 Å². The summed E-state index contributed by atoms with van der Waals surface area (Å²) < 4.78 is 0. The lowest BCUT2D eigenvalue weighted by Crippen LogP contribution is -2.53. The third kappa shape index (κ3) is 4.85. The van der Waals surface area contributed by atoms with Crippen molar-refractivity contribution in [3.8, 4) is 11.5 Å². The quantitative estimate of drug-likeness (QED) is 0.113. The zero-order valence-corrected chi connectivity index (χ0v) is 29.5. The van der Waals surface area contributed by atoms with Crippen LogP contribution in [0.25, 0.3) is 10.8 Å². The van der Waals surface area contributed by atoms with Gasteiger partial charge in [0, 0.05) is 17.5 Å². The van der Waals surface area contributed by atoms with E-state index in [9.17, 15) is 34.5 Å². The zero-order chi connectivity index (χ0) is 38.3. The molecule has 0 aromatic heterocycles. The smallest absolute Gasteiger partial charge is 0.339 e. The molecule has 6 atom stereocenters. The van der Waals surface area contributed by atoms with E-state index >= 15 is 4.79 Å². The number of imide groups is 2. The van der Waals surface area contributed by atoms with Crippen molar-refractivity contribution in [2.75, 3.05) is 10.3 Å². The monoisotopic (exact) mass is 733 g/mol. The molecule has 5 aromatic carbocycles. The van der Waals surface area contributed by atoms with Crippen LogP contribution >= 0.6 is 0 Å². The Bertz CT molecular complexity index is 2510. The molecule has 0 unspecified atom stereocenters. The summed E-state index contributed by atoms with van der Waals surface area (Å²) in [6.45, 7) is 1.93. The molecule has 5 aromatic rings. The third-order valence-corrected chi connectivity index (χ3v) is 12.1. The van der Waals surface area contributed by atoms with Gasteiger partial charge >= 0.3 is 5.97 Å². The second-order valence-corrected chi connectivity index (χ2v) is 14.8. The molecule has 274 valence electrons. The summed E-state index contributed by atoms with van der Waals surface area (Å²) in [7, 11) is 0. The second kappa shape index (κ2) is 12.4. The van der Waals surface area contributed by atoms with Gasteiger partial charge in [0.25, 0.3) is 11.8 Å². The molecular weight excluding hydrogens is 698 g/mol. The van der Waals surface area contributed by atoms with E-state index in [-0.39, 0.29) is 29.8 Å². The van der Waals surface area contributed by atoms with Crippen LogP contribution in [-0.4, -0.2) is 49.9 Å². The van der Waals surface area contributed by atoms with Crippen molar-refractivity contribution < 1.29 is 39.3 Å². The molecule has 11 nitrogen and oxygen atoms in total. The number of carboxylic acids is 1. The number of phenols is 2. The van der Waals surface area contributed by atoms with Crippen LogP contribution in [0.4, 0.5) is 11.4 Å². The molecule has 2 heterocycles. The van der Waals surface area contributed by atoms with Crippen LogP contribution in [0.15, 0.2) is 121 Å². The number of hydrogen-bond donors (Lipinski definition) is 4. The molecule has 0 bridgehead atoms. The molecule has 11 heteroatoms. The number of nitrogens with one attached hydrogen (secondary N) is 1. The van der Waals surface area contributed by atoms with Crippen LogP contribution in [0.3, 0.4) is 0 Å². The van der Waals surface area contributed by atoms with Crippen molar-refractivity contribution in [1.29, 1.82) is 0 Å². The van der Waals surface area contributed by atoms with E-state index in [1.54, 1.807) is 24.3 Å². The number of hydrogen-bond acceptors (Lipinski definition) is 8. The molecule has 3 fully saturated rings. The number of phenolic OH excluding ortho intramolecular Hbond substituents is 1. The van der Waals surface area contributed by atoms with E-state index in [2.05, 4.69) is 5.43 Å². The first-order valence-electron chi connectivity index (χ1n) is 18.1. The van der Waals surface area contributed by atoms with Gasteiger partial charge in [-0.3, -0.25) is 24.6 Å². The molecular formula is C44H35N3O8. The van der Waals surface area contributed by atoms with E-state index in [0.29, 0.717) is 27.8 Å². The first-order valence-corrected chi connectivity index (χ1v) is 18.1. The number of carbonyl (C=O) groups excluding carboxylic acids is 4. The fraction of sp³-hybridized carbons (Fsp3) is 0.205. The number of fused-ring (bicyclic) bond motifs is 5. The van der Waals surface area contributed by atoms with Gasteiger partial charge in [-0.05, 0) is 72.4 Å². The number of aryl methyl sites for hydroxylation is 1. The number of nitrogens with zero attached hydrogens (tertiary/aromatic N) is 2. The number of amides is 4. The lowest BCUT2D eigenvalue weighted by atomic mass is 9.48. The molecule has 2 aliphatic heterocycles. The Morgan fingerprint density at radius 1 is 0.782 bits per heavy atom. The number of benzene rings is 5. The van der Waals surface area contributed by atoms with E-state index in [0.717, 1.165) is 33.0 Å². The molecule has 4 amide bonds. The van der Waals surface area contributed by atoms with Crippen molar-refractivity contribution in [2.24, 2.45) is 23.7 Å². The average Bonchev–Trinajstić information content (AvgIpc) is 3.56. The number of hydrazine groups is 1. The van der Waals surface area contributed by atoms with Gasteiger partial charge in [-0.25, -0.2) is 9.69 Å². The highest BCUT2D eigenvalue weighted by atomic mass is 16.4. The van der Waals surface area contributed by atoms with Gasteiger partial charge < -0.3 is 15.3 Å². The lowest BCUT2D eigenvalue weighted by Gasteiger charge is -2.51. The Balaban J connectivity index is 1.26. The van der Waals surface area contributed by atoms with Crippen molar-refractivity contribution in [2.45, 2.75) is 31.1 Å². The molecule has 4 N–H and O–H groups in total. The number of rotatable bonds is 6. The summed E-state index contributed by atoms with van der Waals surface area (Å²) in [6, 6.07) is 30.9. The van der Waals surface area contributed by atoms with Gasteiger partial charge in [0.15, 0.2) is 0 Å². The molecule has 1 saturated carbocycles. The van der Waals surface area contributed by atoms with Gasteiger partial charge in [-0.1, -0.05) is 90.0 Å². The van der Waals surface area contributed by atoms with Gasteiger partial charge in [-0.15, -0.1) is 0 Å². The summed E-state index contributed by atoms with van der Waals surface area (Å²) in [5, 5.41) is 34.5. The number of allylic oxidation sites excluding steroid dienone is 2.